The van der Waals surface area contributed by atoms with Crippen molar-refractivity contribution >= 4 is 25.8 Å². The quantitative estimate of drug-likeness (QED) is 0.271. The Kier molecular flexibility index (Phi) is 4.34. The van der Waals surface area contributed by atoms with Crippen LogP contribution in [0, 0.1) is 0 Å². The van der Waals surface area contributed by atoms with Crippen molar-refractivity contribution in [3.63, 3.8) is 0 Å². The summed E-state index contributed by atoms with van der Waals surface area (Å²) in [5, 5.41) is 37.4. The van der Waals surface area contributed by atoms with Gasteiger partial charge in [0.2, 0.25) is 9.84 Å². The Morgan fingerprint density at radius 2 is 1.25 bits per heavy atom. The van der Waals surface area contributed by atoms with Crippen molar-refractivity contribution < 1.29 is 28.8 Å². The summed E-state index contributed by atoms with van der Waals surface area (Å²) in [6.07, 6.45) is 0. The summed E-state index contributed by atoms with van der Waals surface area (Å²) in [6.45, 7) is 0. The first-order valence-electron chi connectivity index (χ1n) is 5.01. The Balaban J connectivity index is 3.61. The zero-order valence-corrected chi connectivity index (χ0v) is 12.3. The first kappa shape index (κ1) is 17.4. The number of sulfone groups is 1. The van der Waals surface area contributed by atoms with Gasteiger partial charge in [-0.05, 0) is 24.3 Å². The molecule has 0 spiro atoms. The summed E-state index contributed by atoms with van der Waals surface area (Å²) in [6, 6.07) is 4.71. The first-order chi connectivity index (χ1) is 8.75. The molecule has 0 aliphatic carbocycles. The van der Waals surface area contributed by atoms with E-state index in [9.17, 15) is 28.8 Å². The third-order valence-electron chi connectivity index (χ3n) is 2.64. The Morgan fingerprint density at radius 3 is 1.55 bits per heavy atom. The van der Waals surface area contributed by atoms with Gasteiger partial charge in [0.15, 0.2) is 0 Å². The third-order valence-corrected chi connectivity index (χ3v) is 5.51. The van der Waals surface area contributed by atoms with E-state index in [2.05, 4.69) is 15.9 Å². The van der Waals surface area contributed by atoms with Gasteiger partial charge in [-0.1, -0.05) is 15.9 Å². The van der Waals surface area contributed by atoms with Crippen molar-refractivity contribution in [1.29, 1.82) is 0 Å². The molecule has 1 aromatic rings. The second kappa shape index (κ2) is 4.98. The van der Waals surface area contributed by atoms with Crippen molar-refractivity contribution in [3.05, 3.63) is 28.7 Å². The van der Waals surface area contributed by atoms with E-state index in [1.54, 1.807) is 0 Å². The topological polar surface area (TPSA) is 193 Å². The zero-order valence-electron chi connectivity index (χ0n) is 9.93. The van der Waals surface area contributed by atoms with Crippen LogP contribution in [0.5, 0.6) is 0 Å². The van der Waals surface area contributed by atoms with Crippen LogP contribution in [0.3, 0.4) is 0 Å². The molecule has 0 aromatic heterocycles. The Bertz CT molecular complexity index is 576. The summed E-state index contributed by atoms with van der Waals surface area (Å²) in [5.74, 6) is -7.45. The molecule has 0 aliphatic heterocycles. The fourth-order valence-electron chi connectivity index (χ4n) is 1.47. The number of nitrogens with two attached hydrogens (primary N) is 3. The molecule has 20 heavy (non-hydrogen) atoms. The lowest BCUT2D eigenvalue weighted by atomic mass is 10.1. The van der Waals surface area contributed by atoms with Crippen LogP contribution in [0.25, 0.3) is 0 Å². The van der Waals surface area contributed by atoms with Gasteiger partial charge < -0.3 is 26.2 Å². The van der Waals surface area contributed by atoms with E-state index in [0.717, 1.165) is 12.1 Å². The fourth-order valence-corrected chi connectivity index (χ4v) is 3.39. The summed E-state index contributed by atoms with van der Waals surface area (Å²) in [7, 11) is -4.93. The monoisotopic (exact) mass is 371 g/mol. The molecule has 0 unspecified atom stereocenters. The van der Waals surface area contributed by atoms with Crippen LogP contribution in [-0.4, -0.2) is 45.5 Å². The number of benzene rings is 1. The van der Waals surface area contributed by atoms with E-state index in [0.29, 0.717) is 4.47 Å². The first-order valence-corrected chi connectivity index (χ1v) is 7.29. The molecular weight excluding hydrogens is 358 g/mol. The van der Waals surface area contributed by atoms with Crippen molar-refractivity contribution in [3.8, 4) is 0 Å². The van der Waals surface area contributed by atoms with Crippen LogP contribution in [0.15, 0.2) is 33.6 Å². The smallest absolute Gasteiger partial charge is 0.261 e. The van der Waals surface area contributed by atoms with Crippen molar-refractivity contribution in [1.82, 2.24) is 0 Å². The van der Waals surface area contributed by atoms with Crippen LogP contribution in [0.4, 0.5) is 0 Å². The van der Waals surface area contributed by atoms with Gasteiger partial charge >= 0.3 is 0 Å². The molecule has 9 nitrogen and oxygen atoms in total. The summed E-state index contributed by atoms with van der Waals surface area (Å²) >= 11 is 3.07. The van der Waals surface area contributed by atoms with Gasteiger partial charge in [-0.15, -0.1) is 0 Å². The van der Waals surface area contributed by atoms with E-state index >= 15 is 0 Å². The normalized spacial score (nSPS) is 14.4. The van der Waals surface area contributed by atoms with Crippen molar-refractivity contribution in [2.75, 3.05) is 0 Å². The second-order valence-corrected chi connectivity index (χ2v) is 7.18. The Labute approximate surface area is 122 Å². The lowest BCUT2D eigenvalue weighted by Crippen LogP contribution is -2.82. The molecular formula is C9H14BrN3O6S. The van der Waals surface area contributed by atoms with Crippen LogP contribution >= 0.6 is 15.9 Å². The number of halogens is 1. The third kappa shape index (κ3) is 2.59. The summed E-state index contributed by atoms with van der Waals surface area (Å²) < 4.78 is 25.2. The lowest BCUT2D eigenvalue weighted by molar-refractivity contribution is -0.280. The minimum absolute atomic E-state index is 0.526. The van der Waals surface area contributed by atoms with Gasteiger partial charge in [-0.25, -0.2) is 8.42 Å². The van der Waals surface area contributed by atoms with Crippen LogP contribution in [0.1, 0.15) is 0 Å². The molecule has 0 saturated carbocycles. The van der Waals surface area contributed by atoms with Gasteiger partial charge in [0.05, 0.1) is 4.90 Å². The molecule has 0 fully saturated rings. The van der Waals surface area contributed by atoms with E-state index in [1.165, 1.54) is 12.1 Å². The largest absolute Gasteiger partial charge is 0.351 e. The fraction of sp³-hybridized carbons (Fsp3) is 0.333. The zero-order chi connectivity index (χ0) is 16.0. The van der Waals surface area contributed by atoms with E-state index in [4.69, 9.17) is 17.2 Å². The molecule has 1 rings (SSSR count). The van der Waals surface area contributed by atoms with Gasteiger partial charge in [0.25, 0.3) is 16.7 Å². The molecule has 0 heterocycles. The Morgan fingerprint density at radius 1 is 0.900 bits per heavy atom. The maximum absolute atomic E-state index is 12.3. The van der Waals surface area contributed by atoms with Crippen molar-refractivity contribution in [2.24, 2.45) is 17.2 Å². The van der Waals surface area contributed by atoms with Crippen LogP contribution in [0.2, 0.25) is 0 Å². The van der Waals surface area contributed by atoms with E-state index in [1.807, 2.05) is 0 Å². The molecule has 0 bridgehead atoms. The maximum atomic E-state index is 12.3. The second-order valence-electron chi connectivity index (χ2n) is 4.15. The molecule has 114 valence electrons. The molecule has 11 heteroatoms. The van der Waals surface area contributed by atoms with Crippen LogP contribution in [-0.2, 0) is 9.84 Å². The summed E-state index contributed by atoms with van der Waals surface area (Å²) in [4.78, 5) is -4.14. The molecule has 0 atom stereocenters. The standard InChI is InChI=1S/C9H14BrN3O6S/c10-5-1-3-6(4-2-5)20(18,19)7(11,8(12,14)15)9(13,16)17/h1-4,14-17H,11-13H2. The average molecular weight is 372 g/mol. The number of hydrogen-bond donors (Lipinski definition) is 7. The molecule has 1 aromatic carbocycles. The molecule has 10 N–H and O–H groups in total. The highest BCUT2D eigenvalue weighted by atomic mass is 79.9. The van der Waals surface area contributed by atoms with E-state index < -0.39 is 31.4 Å². The number of hydrogen-bond acceptors (Lipinski definition) is 9. The lowest BCUT2D eigenvalue weighted by Gasteiger charge is -2.42. The van der Waals surface area contributed by atoms with Crippen molar-refractivity contribution in [2.45, 2.75) is 21.6 Å². The maximum Gasteiger partial charge on any atom is 0.261 e. The van der Waals surface area contributed by atoms with Gasteiger partial charge in [-0.2, -0.15) is 0 Å². The highest BCUT2D eigenvalue weighted by molar-refractivity contribution is 9.10. The molecule has 0 radical (unpaired) electrons. The Hall–Kier alpha value is -0.630. The molecule has 0 aliphatic rings. The summed E-state index contributed by atoms with van der Waals surface area (Å²) in [5.41, 5.74) is 15.0. The minimum Gasteiger partial charge on any atom is -0.351 e. The molecule has 0 saturated heterocycles. The molecule has 0 amide bonds. The number of aliphatic hydroxyl groups is 4. The average Bonchev–Trinajstić information content (AvgIpc) is 2.25. The van der Waals surface area contributed by atoms with Gasteiger partial charge in [0.1, 0.15) is 0 Å². The van der Waals surface area contributed by atoms with E-state index in [-0.39, 0.29) is 0 Å². The predicted molar refractivity (Wildman–Crippen MR) is 71.0 cm³/mol. The van der Waals surface area contributed by atoms with Crippen LogP contribution < -0.4 is 17.2 Å². The number of rotatable bonds is 4. The highest BCUT2D eigenvalue weighted by Gasteiger charge is 2.67. The van der Waals surface area contributed by atoms with Gasteiger partial charge in [0, 0.05) is 4.47 Å². The predicted octanol–water partition coefficient (Wildman–Crippen LogP) is -2.93. The SMILES string of the molecule is NC(O)(O)C(N)(C(N)(O)O)S(=O)(=O)c1ccc(Br)cc1. The van der Waals surface area contributed by atoms with Gasteiger partial charge in [-0.3, -0.25) is 11.5 Å². The highest BCUT2D eigenvalue weighted by Crippen LogP contribution is 2.33. The minimum atomic E-state index is -4.93.